The number of hydrogen-bond donors (Lipinski definition) is 1. The Kier molecular flexibility index (Phi) is 4.87. The number of nitrogens with one attached hydrogen (secondary N) is 1. The highest BCUT2D eigenvalue weighted by atomic mass is 15.3. The number of aromatic nitrogens is 4. The average molecular weight is 391 g/mol. The SMILES string of the molecule is Cc1cc(C)n([C@H]2CCN(C3CCN(c4cccc(-c5ccn[nH]5)c4)CC3)C2)n1. The molecule has 0 aliphatic carbocycles. The number of aryl methyl sites for hydroxylation is 2. The molecule has 1 N–H and O–H groups in total. The van der Waals surface area contributed by atoms with E-state index < -0.39 is 0 Å². The van der Waals surface area contributed by atoms with Crippen LogP contribution in [0.15, 0.2) is 42.6 Å². The molecule has 2 fully saturated rings. The molecule has 2 aliphatic rings. The van der Waals surface area contributed by atoms with E-state index in [-0.39, 0.29) is 0 Å². The van der Waals surface area contributed by atoms with Crippen LogP contribution in [0.25, 0.3) is 11.3 Å². The second kappa shape index (κ2) is 7.67. The van der Waals surface area contributed by atoms with E-state index in [1.54, 1.807) is 0 Å². The number of likely N-dealkylation sites (tertiary alicyclic amines) is 1. The van der Waals surface area contributed by atoms with E-state index in [0.717, 1.165) is 31.0 Å². The van der Waals surface area contributed by atoms with Crippen LogP contribution < -0.4 is 4.90 Å². The minimum absolute atomic E-state index is 0.535. The van der Waals surface area contributed by atoms with Gasteiger partial charge in [0.15, 0.2) is 0 Å². The molecular formula is C23H30N6. The van der Waals surface area contributed by atoms with Gasteiger partial charge in [-0.3, -0.25) is 14.7 Å². The van der Waals surface area contributed by atoms with Gasteiger partial charge in [0.05, 0.1) is 17.4 Å². The van der Waals surface area contributed by atoms with E-state index in [0.29, 0.717) is 12.1 Å². The van der Waals surface area contributed by atoms with Crippen molar-refractivity contribution in [2.45, 2.75) is 45.2 Å². The Labute approximate surface area is 172 Å². The molecule has 29 heavy (non-hydrogen) atoms. The lowest BCUT2D eigenvalue weighted by molar-refractivity contribution is 0.199. The van der Waals surface area contributed by atoms with Gasteiger partial charge in [0, 0.05) is 55.4 Å². The number of piperidine rings is 1. The van der Waals surface area contributed by atoms with Crippen molar-refractivity contribution in [2.75, 3.05) is 31.1 Å². The maximum atomic E-state index is 4.73. The van der Waals surface area contributed by atoms with Crippen molar-refractivity contribution >= 4 is 5.69 Å². The molecule has 5 rings (SSSR count). The molecule has 1 atom stereocenters. The van der Waals surface area contributed by atoms with Crippen molar-refractivity contribution in [3.05, 3.63) is 54.0 Å². The average Bonchev–Trinajstić information content (AvgIpc) is 3.49. The first-order valence-electron chi connectivity index (χ1n) is 10.8. The molecule has 2 aromatic heterocycles. The third kappa shape index (κ3) is 3.69. The number of nitrogens with zero attached hydrogens (tertiary/aromatic N) is 5. The van der Waals surface area contributed by atoms with Gasteiger partial charge >= 0.3 is 0 Å². The van der Waals surface area contributed by atoms with E-state index in [2.05, 4.69) is 68.9 Å². The third-order valence-electron chi connectivity index (χ3n) is 6.59. The molecule has 0 unspecified atom stereocenters. The summed E-state index contributed by atoms with van der Waals surface area (Å²) in [5, 5.41) is 11.9. The number of hydrogen-bond acceptors (Lipinski definition) is 4. The molecule has 2 aliphatic heterocycles. The van der Waals surface area contributed by atoms with Crippen molar-refractivity contribution < 1.29 is 0 Å². The second-order valence-corrected chi connectivity index (χ2v) is 8.55. The lowest BCUT2D eigenvalue weighted by Gasteiger charge is -2.38. The number of rotatable bonds is 4. The monoisotopic (exact) mass is 390 g/mol. The zero-order valence-electron chi connectivity index (χ0n) is 17.4. The normalized spacial score (nSPS) is 21.2. The van der Waals surface area contributed by atoms with Crippen LogP contribution in [0.4, 0.5) is 5.69 Å². The zero-order valence-corrected chi connectivity index (χ0v) is 17.4. The molecule has 3 aromatic rings. The van der Waals surface area contributed by atoms with Crippen molar-refractivity contribution in [1.29, 1.82) is 0 Å². The molecule has 152 valence electrons. The summed E-state index contributed by atoms with van der Waals surface area (Å²) >= 11 is 0. The standard InChI is InChI=1S/C23H30N6/c1-17-14-18(2)29(26-17)22-9-13-28(16-22)20-7-11-27(12-8-20)21-5-3-4-19(15-21)23-6-10-24-25-23/h3-6,10,14-15,20,22H,7-9,11-13,16H2,1-2H3,(H,24,25)/t22-/m0/s1. The first-order valence-corrected chi connectivity index (χ1v) is 10.8. The molecule has 4 heterocycles. The van der Waals surface area contributed by atoms with E-state index in [1.165, 1.54) is 42.8 Å². The van der Waals surface area contributed by atoms with Crippen LogP contribution in [0.1, 0.15) is 36.7 Å². The zero-order chi connectivity index (χ0) is 19.8. The Morgan fingerprint density at radius 2 is 1.79 bits per heavy atom. The predicted octanol–water partition coefficient (Wildman–Crippen LogP) is 3.81. The highest BCUT2D eigenvalue weighted by Crippen LogP contribution is 2.30. The van der Waals surface area contributed by atoms with Crippen LogP contribution in [0.5, 0.6) is 0 Å². The minimum atomic E-state index is 0.535. The number of anilines is 1. The molecule has 2 saturated heterocycles. The highest BCUT2D eigenvalue weighted by molar-refractivity contribution is 5.65. The Balaban J connectivity index is 1.20. The van der Waals surface area contributed by atoms with Crippen molar-refractivity contribution in [3.8, 4) is 11.3 Å². The smallest absolute Gasteiger partial charge is 0.0661 e. The van der Waals surface area contributed by atoms with Crippen LogP contribution >= 0.6 is 0 Å². The summed E-state index contributed by atoms with van der Waals surface area (Å²) in [4.78, 5) is 5.24. The lowest BCUT2D eigenvalue weighted by Crippen LogP contribution is -2.44. The van der Waals surface area contributed by atoms with Crippen LogP contribution in [-0.4, -0.2) is 57.1 Å². The molecular weight excluding hydrogens is 360 g/mol. The molecule has 6 nitrogen and oxygen atoms in total. The summed E-state index contributed by atoms with van der Waals surface area (Å²) in [6, 6.07) is 14.3. The molecule has 0 saturated carbocycles. The molecule has 0 spiro atoms. The van der Waals surface area contributed by atoms with Crippen LogP contribution in [0.3, 0.4) is 0 Å². The maximum Gasteiger partial charge on any atom is 0.0661 e. The fourth-order valence-electron chi connectivity index (χ4n) is 5.09. The van der Waals surface area contributed by atoms with Crippen molar-refractivity contribution in [3.63, 3.8) is 0 Å². The Bertz CT molecular complexity index is 952. The van der Waals surface area contributed by atoms with Gasteiger partial charge in [0.1, 0.15) is 0 Å². The second-order valence-electron chi connectivity index (χ2n) is 8.55. The molecule has 1 aromatic carbocycles. The minimum Gasteiger partial charge on any atom is -0.371 e. The van der Waals surface area contributed by atoms with Crippen molar-refractivity contribution in [2.24, 2.45) is 0 Å². The first kappa shape index (κ1) is 18.4. The topological polar surface area (TPSA) is 53.0 Å². The molecule has 0 radical (unpaired) electrons. The van der Waals surface area contributed by atoms with E-state index in [9.17, 15) is 0 Å². The van der Waals surface area contributed by atoms with Crippen LogP contribution in [0.2, 0.25) is 0 Å². The maximum absolute atomic E-state index is 4.73. The fourth-order valence-corrected chi connectivity index (χ4v) is 5.09. The van der Waals surface area contributed by atoms with Gasteiger partial charge in [-0.1, -0.05) is 12.1 Å². The highest BCUT2D eigenvalue weighted by Gasteiger charge is 2.32. The number of aromatic amines is 1. The number of H-pyrrole nitrogens is 1. The summed E-state index contributed by atoms with van der Waals surface area (Å²) in [6.07, 6.45) is 5.49. The largest absolute Gasteiger partial charge is 0.371 e. The van der Waals surface area contributed by atoms with Crippen LogP contribution in [0, 0.1) is 13.8 Å². The van der Waals surface area contributed by atoms with Gasteiger partial charge in [-0.2, -0.15) is 10.2 Å². The Morgan fingerprint density at radius 3 is 2.52 bits per heavy atom. The van der Waals surface area contributed by atoms with E-state index >= 15 is 0 Å². The van der Waals surface area contributed by atoms with Gasteiger partial charge in [0.25, 0.3) is 0 Å². The molecule has 0 amide bonds. The predicted molar refractivity (Wildman–Crippen MR) is 116 cm³/mol. The third-order valence-corrected chi connectivity index (χ3v) is 6.59. The Hall–Kier alpha value is -2.60. The van der Waals surface area contributed by atoms with Gasteiger partial charge < -0.3 is 4.90 Å². The molecule has 6 heteroatoms. The molecule has 0 bridgehead atoms. The first-order chi connectivity index (χ1) is 14.2. The van der Waals surface area contributed by atoms with Crippen LogP contribution in [-0.2, 0) is 0 Å². The van der Waals surface area contributed by atoms with Gasteiger partial charge in [-0.25, -0.2) is 0 Å². The summed E-state index contributed by atoms with van der Waals surface area (Å²) < 4.78 is 2.26. The summed E-state index contributed by atoms with van der Waals surface area (Å²) in [7, 11) is 0. The summed E-state index contributed by atoms with van der Waals surface area (Å²) in [6.45, 7) is 8.85. The van der Waals surface area contributed by atoms with E-state index in [1.807, 2.05) is 12.3 Å². The van der Waals surface area contributed by atoms with Gasteiger partial charge in [-0.15, -0.1) is 0 Å². The lowest BCUT2D eigenvalue weighted by atomic mass is 10.0. The fraction of sp³-hybridized carbons (Fsp3) is 0.478. The Morgan fingerprint density at radius 1 is 0.966 bits per heavy atom. The van der Waals surface area contributed by atoms with Gasteiger partial charge in [-0.05, 0) is 57.4 Å². The summed E-state index contributed by atoms with van der Waals surface area (Å²) in [5.41, 5.74) is 6.02. The van der Waals surface area contributed by atoms with E-state index in [4.69, 9.17) is 5.10 Å². The van der Waals surface area contributed by atoms with Crippen molar-refractivity contribution in [1.82, 2.24) is 24.9 Å². The quantitative estimate of drug-likeness (QED) is 0.736. The summed E-state index contributed by atoms with van der Waals surface area (Å²) in [5.74, 6) is 0. The number of benzene rings is 1. The van der Waals surface area contributed by atoms with Gasteiger partial charge in [0.2, 0.25) is 0 Å².